The number of ketones is 1. The van der Waals surface area contributed by atoms with Gasteiger partial charge >= 0.3 is 5.97 Å². The van der Waals surface area contributed by atoms with Crippen LogP contribution in [0.1, 0.15) is 50.0 Å². The Kier molecular flexibility index (Phi) is 7.29. The molecule has 3 aromatic rings. The van der Waals surface area contributed by atoms with Crippen LogP contribution >= 0.6 is 0 Å². The van der Waals surface area contributed by atoms with Gasteiger partial charge in [-0.1, -0.05) is 18.2 Å². The van der Waals surface area contributed by atoms with Crippen LogP contribution in [-0.4, -0.2) is 51.3 Å². The lowest BCUT2D eigenvalue weighted by molar-refractivity contribution is 0.0443. The molecule has 8 nitrogen and oxygen atoms in total. The summed E-state index contributed by atoms with van der Waals surface area (Å²) in [6.45, 7) is 2.10. The van der Waals surface area contributed by atoms with E-state index in [4.69, 9.17) is 23.7 Å². The van der Waals surface area contributed by atoms with E-state index in [0.29, 0.717) is 52.7 Å². The van der Waals surface area contributed by atoms with Gasteiger partial charge in [-0.25, -0.2) is 4.79 Å². The predicted octanol–water partition coefficient (Wildman–Crippen LogP) is 4.50. The molecule has 0 bridgehead atoms. The molecule has 35 heavy (non-hydrogen) atoms. The van der Waals surface area contributed by atoms with Gasteiger partial charge in [0.15, 0.2) is 17.3 Å². The lowest BCUT2D eigenvalue weighted by atomic mass is 9.81. The number of carbonyl (C=O) groups is 2. The van der Waals surface area contributed by atoms with Gasteiger partial charge in [0.1, 0.15) is 24.7 Å². The molecular formula is C27H29NO7. The van der Waals surface area contributed by atoms with E-state index in [1.54, 1.807) is 28.3 Å². The van der Waals surface area contributed by atoms with Gasteiger partial charge in [0.2, 0.25) is 5.75 Å². The highest BCUT2D eigenvalue weighted by atomic mass is 16.6. The first-order valence-corrected chi connectivity index (χ1v) is 11.4. The van der Waals surface area contributed by atoms with Crippen molar-refractivity contribution < 1.29 is 33.3 Å². The number of ether oxygens (including phenoxy) is 5. The van der Waals surface area contributed by atoms with E-state index in [1.165, 1.54) is 0 Å². The summed E-state index contributed by atoms with van der Waals surface area (Å²) in [5.41, 5.74) is 3.11. The van der Waals surface area contributed by atoms with Crippen molar-refractivity contribution in [1.29, 1.82) is 0 Å². The Hall–Kier alpha value is -3.94. The number of carbonyl (C=O) groups excluding carboxylic acids is 2. The fourth-order valence-corrected chi connectivity index (χ4v) is 4.49. The molecule has 1 heterocycles. The van der Waals surface area contributed by atoms with Crippen molar-refractivity contribution in [2.24, 2.45) is 0 Å². The van der Waals surface area contributed by atoms with Crippen LogP contribution in [0.25, 0.3) is 0 Å². The molecule has 1 N–H and O–H groups in total. The summed E-state index contributed by atoms with van der Waals surface area (Å²) in [5, 5.41) is 0. The van der Waals surface area contributed by atoms with E-state index < -0.39 is 5.97 Å². The Balaban J connectivity index is 1.49. The number of nitrogens with one attached hydrogen (secondary N) is 1. The molecule has 184 valence electrons. The number of esters is 1. The van der Waals surface area contributed by atoms with Gasteiger partial charge in [-0.05, 0) is 54.7 Å². The Labute approximate surface area is 204 Å². The number of Topliss-reactive ketones (excluding diaryl/α,β-unsaturated/α-hetero) is 1. The van der Waals surface area contributed by atoms with Crippen LogP contribution < -0.4 is 18.9 Å². The monoisotopic (exact) mass is 479 g/mol. The second-order valence-corrected chi connectivity index (χ2v) is 8.26. The number of hydrogen-bond donors (Lipinski definition) is 1. The molecular weight excluding hydrogens is 450 g/mol. The van der Waals surface area contributed by atoms with E-state index >= 15 is 0 Å². The normalized spacial score (nSPS) is 14.7. The molecule has 0 amide bonds. The number of benzene rings is 2. The summed E-state index contributed by atoms with van der Waals surface area (Å²) in [4.78, 5) is 29.0. The van der Waals surface area contributed by atoms with Gasteiger partial charge in [0, 0.05) is 17.7 Å². The van der Waals surface area contributed by atoms with E-state index in [0.717, 1.165) is 11.3 Å². The van der Waals surface area contributed by atoms with Gasteiger partial charge in [-0.3, -0.25) is 4.79 Å². The zero-order chi connectivity index (χ0) is 24.9. The Morgan fingerprint density at radius 1 is 0.971 bits per heavy atom. The minimum absolute atomic E-state index is 0.0230. The van der Waals surface area contributed by atoms with Gasteiger partial charge in [0.05, 0.1) is 21.3 Å². The molecule has 0 fully saturated rings. The average Bonchev–Trinajstić information content (AvgIpc) is 3.22. The van der Waals surface area contributed by atoms with E-state index in [1.807, 2.05) is 42.5 Å². The molecule has 0 unspecified atom stereocenters. The van der Waals surface area contributed by atoms with Crippen LogP contribution in [0, 0.1) is 6.92 Å². The molecule has 2 aromatic carbocycles. The molecule has 0 radical (unpaired) electrons. The largest absolute Gasteiger partial charge is 0.493 e. The Morgan fingerprint density at radius 2 is 1.66 bits per heavy atom. The standard InChI is InChI=1S/C27H29NO7/c1-16-24-20(28-25(16)27(30)35-11-10-34-19-8-6-5-7-9-19)12-17(13-21(24)29)18-14-22(31-2)26(33-4)23(15-18)32-3/h5-9,14-15,17,28H,10-13H2,1-4H3/t17-/m0/s1. The van der Waals surface area contributed by atoms with Crippen molar-refractivity contribution >= 4 is 11.8 Å². The average molecular weight is 480 g/mol. The zero-order valence-electron chi connectivity index (χ0n) is 20.3. The highest BCUT2D eigenvalue weighted by Gasteiger charge is 2.33. The first-order chi connectivity index (χ1) is 17.0. The maximum Gasteiger partial charge on any atom is 0.355 e. The zero-order valence-corrected chi connectivity index (χ0v) is 20.3. The SMILES string of the molecule is COc1cc([C@@H]2CC(=O)c3c([nH]c(C(=O)OCCOc4ccccc4)c3C)C2)cc(OC)c1OC. The smallest absolute Gasteiger partial charge is 0.355 e. The Morgan fingerprint density at radius 3 is 2.29 bits per heavy atom. The highest BCUT2D eigenvalue weighted by Crippen LogP contribution is 2.43. The van der Waals surface area contributed by atoms with Gasteiger partial charge < -0.3 is 28.7 Å². The summed E-state index contributed by atoms with van der Waals surface area (Å²) < 4.78 is 27.3. The third kappa shape index (κ3) is 4.96. The third-order valence-corrected chi connectivity index (χ3v) is 6.18. The van der Waals surface area contributed by atoms with Gasteiger partial charge in [0.25, 0.3) is 0 Å². The summed E-state index contributed by atoms with van der Waals surface area (Å²) in [5.74, 6) is 1.63. The molecule has 0 spiro atoms. The number of methoxy groups -OCH3 is 3. The molecule has 1 aliphatic rings. The molecule has 1 aliphatic carbocycles. The minimum atomic E-state index is -0.509. The first-order valence-electron chi connectivity index (χ1n) is 11.4. The van der Waals surface area contributed by atoms with Crippen LogP contribution in [0.3, 0.4) is 0 Å². The number of fused-ring (bicyclic) bond motifs is 1. The number of hydrogen-bond acceptors (Lipinski definition) is 7. The van der Waals surface area contributed by atoms with Crippen LogP contribution in [0.15, 0.2) is 42.5 Å². The quantitative estimate of drug-likeness (QED) is 0.357. The van der Waals surface area contributed by atoms with Crippen LogP contribution in [0.5, 0.6) is 23.0 Å². The van der Waals surface area contributed by atoms with Crippen molar-refractivity contribution in [3.05, 3.63) is 70.5 Å². The van der Waals surface area contributed by atoms with E-state index in [2.05, 4.69) is 4.98 Å². The topological polar surface area (TPSA) is 96.1 Å². The number of rotatable bonds is 9. The summed E-state index contributed by atoms with van der Waals surface area (Å²) in [6, 6.07) is 13.0. The molecule has 0 aliphatic heterocycles. The van der Waals surface area contributed by atoms with Crippen molar-refractivity contribution in [2.45, 2.75) is 25.7 Å². The number of H-pyrrole nitrogens is 1. The lowest BCUT2D eigenvalue weighted by Gasteiger charge is -2.24. The van der Waals surface area contributed by atoms with Crippen LogP contribution in [0.4, 0.5) is 0 Å². The Bertz CT molecular complexity index is 1190. The van der Waals surface area contributed by atoms with Crippen molar-refractivity contribution in [3.63, 3.8) is 0 Å². The van der Waals surface area contributed by atoms with Crippen LogP contribution in [-0.2, 0) is 11.2 Å². The number of aromatic amines is 1. The van der Waals surface area contributed by atoms with Crippen LogP contribution in [0.2, 0.25) is 0 Å². The fraction of sp³-hybridized carbons (Fsp3) is 0.333. The van der Waals surface area contributed by atoms with E-state index in [-0.39, 0.29) is 24.9 Å². The van der Waals surface area contributed by atoms with Crippen molar-refractivity contribution in [3.8, 4) is 23.0 Å². The molecule has 1 aromatic heterocycles. The summed E-state index contributed by atoms with van der Waals surface area (Å²) >= 11 is 0. The highest BCUT2D eigenvalue weighted by molar-refractivity contribution is 6.03. The molecule has 1 atom stereocenters. The maximum atomic E-state index is 13.1. The second-order valence-electron chi connectivity index (χ2n) is 8.26. The molecule has 4 rings (SSSR count). The summed E-state index contributed by atoms with van der Waals surface area (Å²) in [6.07, 6.45) is 0.870. The van der Waals surface area contributed by atoms with Gasteiger partial charge in [-0.15, -0.1) is 0 Å². The third-order valence-electron chi connectivity index (χ3n) is 6.18. The lowest BCUT2D eigenvalue weighted by Crippen LogP contribution is -2.19. The predicted molar refractivity (Wildman–Crippen MR) is 129 cm³/mol. The minimum Gasteiger partial charge on any atom is -0.493 e. The van der Waals surface area contributed by atoms with E-state index in [9.17, 15) is 9.59 Å². The molecule has 0 saturated heterocycles. The number of aromatic nitrogens is 1. The van der Waals surface area contributed by atoms with Gasteiger partial charge in [-0.2, -0.15) is 0 Å². The van der Waals surface area contributed by atoms with Crippen molar-refractivity contribution in [1.82, 2.24) is 4.98 Å². The number of para-hydroxylation sites is 1. The second kappa shape index (κ2) is 10.5. The molecule has 8 heteroatoms. The first kappa shape index (κ1) is 24.2. The molecule has 0 saturated carbocycles. The summed E-state index contributed by atoms with van der Waals surface area (Å²) in [7, 11) is 4.66. The maximum absolute atomic E-state index is 13.1. The van der Waals surface area contributed by atoms with Crippen molar-refractivity contribution in [2.75, 3.05) is 34.5 Å². The fourth-order valence-electron chi connectivity index (χ4n) is 4.49.